The van der Waals surface area contributed by atoms with E-state index in [0.717, 1.165) is 0 Å². The molecule has 0 unspecified atom stereocenters. The van der Waals surface area contributed by atoms with Crippen molar-refractivity contribution in [2.24, 2.45) is 0 Å². The summed E-state index contributed by atoms with van der Waals surface area (Å²) in [6.45, 7) is 1.86. The Balaban J connectivity index is 2.31. The van der Waals surface area contributed by atoms with Crippen LogP contribution in [0.15, 0.2) is 47.4 Å². The standard InChI is InChI=1S/C18H21FN2O5S/c1-12(11-25-2)21-27(23,24)15-8-9-17(26-3)16(10-15)18(22)20-14-6-4-13(19)5-7-14/h4-10,12,21H,11H2,1-3H3,(H,20,22)/t12-/m0/s1. The lowest BCUT2D eigenvalue weighted by Gasteiger charge is -2.15. The highest BCUT2D eigenvalue weighted by Crippen LogP contribution is 2.24. The minimum absolute atomic E-state index is 0.0316. The van der Waals surface area contributed by atoms with E-state index in [1.54, 1.807) is 6.92 Å². The molecule has 9 heteroatoms. The molecule has 0 radical (unpaired) electrons. The summed E-state index contributed by atoms with van der Waals surface area (Å²) >= 11 is 0. The van der Waals surface area contributed by atoms with Crippen molar-refractivity contribution in [1.82, 2.24) is 4.72 Å². The maximum atomic E-state index is 13.0. The summed E-state index contributed by atoms with van der Waals surface area (Å²) in [7, 11) is -1.02. The van der Waals surface area contributed by atoms with Crippen LogP contribution >= 0.6 is 0 Å². The first-order chi connectivity index (χ1) is 12.8. The van der Waals surface area contributed by atoms with Crippen LogP contribution in [-0.4, -0.2) is 41.2 Å². The summed E-state index contributed by atoms with van der Waals surface area (Å²) in [4.78, 5) is 12.5. The molecule has 1 amide bonds. The van der Waals surface area contributed by atoms with E-state index in [4.69, 9.17) is 9.47 Å². The van der Waals surface area contributed by atoms with Gasteiger partial charge in [-0.15, -0.1) is 0 Å². The van der Waals surface area contributed by atoms with Gasteiger partial charge in [0.25, 0.3) is 5.91 Å². The van der Waals surface area contributed by atoms with Crippen molar-refractivity contribution in [3.05, 3.63) is 53.8 Å². The number of sulfonamides is 1. The van der Waals surface area contributed by atoms with Gasteiger partial charge in [0.2, 0.25) is 10.0 Å². The van der Waals surface area contributed by atoms with Gasteiger partial charge in [0, 0.05) is 18.8 Å². The number of carbonyl (C=O) groups excluding carboxylic acids is 1. The first kappa shape index (κ1) is 20.8. The molecule has 0 fully saturated rings. The Morgan fingerprint density at radius 3 is 2.41 bits per heavy atom. The molecular formula is C18H21FN2O5S. The highest BCUT2D eigenvalue weighted by atomic mass is 32.2. The number of halogens is 1. The Morgan fingerprint density at radius 1 is 1.15 bits per heavy atom. The largest absolute Gasteiger partial charge is 0.496 e. The number of amides is 1. The molecule has 2 aromatic carbocycles. The number of hydrogen-bond acceptors (Lipinski definition) is 5. The summed E-state index contributed by atoms with van der Waals surface area (Å²) in [6, 6.07) is 8.72. The third kappa shape index (κ3) is 5.49. The van der Waals surface area contributed by atoms with E-state index in [0.29, 0.717) is 5.69 Å². The maximum absolute atomic E-state index is 13.0. The zero-order valence-electron chi connectivity index (χ0n) is 15.2. The van der Waals surface area contributed by atoms with Gasteiger partial charge >= 0.3 is 0 Å². The molecule has 0 aliphatic heterocycles. The number of hydrogen-bond donors (Lipinski definition) is 2. The predicted molar refractivity (Wildman–Crippen MR) is 99.0 cm³/mol. The Morgan fingerprint density at radius 2 is 1.81 bits per heavy atom. The number of anilines is 1. The minimum atomic E-state index is -3.86. The quantitative estimate of drug-likeness (QED) is 0.715. The number of carbonyl (C=O) groups is 1. The van der Waals surface area contributed by atoms with Crippen LogP contribution in [0.3, 0.4) is 0 Å². The van der Waals surface area contributed by atoms with Crippen LogP contribution in [0.25, 0.3) is 0 Å². The van der Waals surface area contributed by atoms with Crippen molar-refractivity contribution in [2.45, 2.75) is 17.9 Å². The van der Waals surface area contributed by atoms with Crippen LogP contribution in [0, 0.1) is 5.82 Å². The molecule has 0 aliphatic carbocycles. The molecule has 1 atom stereocenters. The summed E-state index contributed by atoms with van der Waals surface area (Å²) in [5, 5.41) is 2.58. The Bertz CT molecular complexity index is 900. The van der Waals surface area contributed by atoms with Crippen molar-refractivity contribution >= 4 is 21.6 Å². The third-order valence-electron chi connectivity index (χ3n) is 3.60. The van der Waals surface area contributed by atoms with Crippen molar-refractivity contribution in [2.75, 3.05) is 26.1 Å². The molecule has 0 saturated heterocycles. The van der Waals surface area contributed by atoms with E-state index in [2.05, 4.69) is 10.0 Å². The molecule has 2 aromatic rings. The molecule has 0 saturated carbocycles. The fraction of sp³-hybridized carbons (Fsp3) is 0.278. The Kier molecular flexibility index (Phi) is 6.89. The van der Waals surface area contributed by atoms with Crippen LogP contribution in [0.5, 0.6) is 5.75 Å². The normalized spacial score (nSPS) is 12.4. The van der Waals surface area contributed by atoms with E-state index in [9.17, 15) is 17.6 Å². The molecule has 27 heavy (non-hydrogen) atoms. The molecule has 2 N–H and O–H groups in total. The molecule has 7 nitrogen and oxygen atoms in total. The van der Waals surface area contributed by atoms with E-state index < -0.39 is 27.8 Å². The average Bonchev–Trinajstić information content (AvgIpc) is 2.62. The van der Waals surface area contributed by atoms with Crippen molar-refractivity contribution < 1.29 is 27.1 Å². The Hall–Kier alpha value is -2.49. The van der Waals surface area contributed by atoms with E-state index in [1.165, 1.54) is 56.7 Å². The van der Waals surface area contributed by atoms with Gasteiger partial charge in [0.1, 0.15) is 11.6 Å². The van der Waals surface area contributed by atoms with Gasteiger partial charge in [-0.05, 0) is 49.4 Å². The Labute approximate surface area is 157 Å². The zero-order valence-corrected chi connectivity index (χ0v) is 16.0. The summed E-state index contributed by atoms with van der Waals surface area (Å²) < 4.78 is 50.5. The maximum Gasteiger partial charge on any atom is 0.259 e. The monoisotopic (exact) mass is 396 g/mol. The smallest absolute Gasteiger partial charge is 0.259 e. The SMILES string of the molecule is COC[C@H](C)NS(=O)(=O)c1ccc(OC)c(C(=O)Nc2ccc(F)cc2)c1. The second-order valence-corrected chi connectivity index (χ2v) is 7.51. The number of methoxy groups -OCH3 is 2. The van der Waals surface area contributed by atoms with Crippen LogP contribution in [0.1, 0.15) is 17.3 Å². The average molecular weight is 396 g/mol. The van der Waals surface area contributed by atoms with Crippen molar-refractivity contribution in [3.63, 3.8) is 0 Å². The number of benzene rings is 2. The van der Waals surface area contributed by atoms with Gasteiger partial charge < -0.3 is 14.8 Å². The molecule has 0 aliphatic rings. The van der Waals surface area contributed by atoms with Crippen LogP contribution in [-0.2, 0) is 14.8 Å². The highest BCUT2D eigenvalue weighted by Gasteiger charge is 2.21. The van der Waals surface area contributed by atoms with Gasteiger partial charge in [-0.2, -0.15) is 0 Å². The number of rotatable bonds is 8. The fourth-order valence-corrected chi connectivity index (χ4v) is 3.63. The van der Waals surface area contributed by atoms with Gasteiger partial charge in [0.15, 0.2) is 0 Å². The van der Waals surface area contributed by atoms with Crippen molar-refractivity contribution in [1.29, 1.82) is 0 Å². The molecule has 2 rings (SSSR count). The lowest BCUT2D eigenvalue weighted by molar-refractivity contribution is 0.102. The van der Waals surface area contributed by atoms with Crippen LogP contribution < -0.4 is 14.8 Å². The fourth-order valence-electron chi connectivity index (χ4n) is 2.38. The van der Waals surface area contributed by atoms with E-state index in [-0.39, 0.29) is 22.8 Å². The molecule has 146 valence electrons. The zero-order chi connectivity index (χ0) is 20.0. The number of ether oxygens (including phenoxy) is 2. The van der Waals surface area contributed by atoms with Gasteiger partial charge in [-0.3, -0.25) is 4.79 Å². The summed E-state index contributed by atoms with van der Waals surface area (Å²) in [5.41, 5.74) is 0.396. The second-order valence-electron chi connectivity index (χ2n) is 5.80. The molecule has 0 spiro atoms. The first-order valence-corrected chi connectivity index (χ1v) is 9.51. The third-order valence-corrected chi connectivity index (χ3v) is 5.19. The predicted octanol–water partition coefficient (Wildman–Crippen LogP) is 2.40. The summed E-state index contributed by atoms with van der Waals surface area (Å²) in [6.07, 6.45) is 0. The molecule has 0 aromatic heterocycles. The topological polar surface area (TPSA) is 93.7 Å². The molecular weight excluding hydrogens is 375 g/mol. The highest BCUT2D eigenvalue weighted by molar-refractivity contribution is 7.89. The van der Waals surface area contributed by atoms with Crippen LogP contribution in [0.2, 0.25) is 0 Å². The van der Waals surface area contributed by atoms with E-state index >= 15 is 0 Å². The number of nitrogens with one attached hydrogen (secondary N) is 2. The molecule has 0 bridgehead atoms. The van der Waals surface area contributed by atoms with Crippen molar-refractivity contribution in [3.8, 4) is 5.75 Å². The first-order valence-electron chi connectivity index (χ1n) is 8.03. The minimum Gasteiger partial charge on any atom is -0.496 e. The van der Waals surface area contributed by atoms with E-state index in [1.807, 2.05) is 0 Å². The second kappa shape index (κ2) is 8.94. The lowest BCUT2D eigenvalue weighted by atomic mass is 10.2. The lowest BCUT2D eigenvalue weighted by Crippen LogP contribution is -2.35. The van der Waals surface area contributed by atoms with Gasteiger partial charge in [0.05, 0.1) is 24.2 Å². The molecule has 0 heterocycles. The van der Waals surface area contributed by atoms with Crippen LogP contribution in [0.4, 0.5) is 10.1 Å². The van der Waals surface area contributed by atoms with Gasteiger partial charge in [-0.1, -0.05) is 0 Å². The van der Waals surface area contributed by atoms with Gasteiger partial charge in [-0.25, -0.2) is 17.5 Å². The summed E-state index contributed by atoms with van der Waals surface area (Å²) in [5.74, 6) is -0.811.